The third-order valence-corrected chi connectivity index (χ3v) is 18.2. The molecule has 0 radical (unpaired) electrons. The van der Waals surface area contributed by atoms with Crippen LogP contribution < -0.4 is 29.1 Å². The van der Waals surface area contributed by atoms with Crippen molar-refractivity contribution >= 4 is 44.0 Å². The fourth-order valence-corrected chi connectivity index (χ4v) is 13.7. The average molecular weight is 1050 g/mol. The molecule has 1 amide bonds. The molecule has 2 saturated heterocycles. The number of nitro benzene ring substituents is 1. The summed E-state index contributed by atoms with van der Waals surface area (Å²) in [4.78, 5) is 40.8. The number of carbonyl (C=O) groups is 1. The standard InChI is InChI=1S/C58H68N8O9S/c1-37(2)48-6-4-5-7-49(48)52-35-63(34-39-10-15-45(73-3)16-11-39)24-25-65(52)43-31-58(32-43)19-22-64(23-20-58)42-12-17-50(53(28-42)75-46-27-40-18-21-59-56(40)60-33-46)57(68)62-76(71,72)47-29-51(66(69)70)55-54(30-47)74-36-41(61-55)26-38-8-13-44(67)14-9-38/h4-7,10-12,15-18,21,27-30,33,37-38,41,43-44,52,61,67H,8-9,13-14,19-20,22-26,31-32,34-36H2,1-3H3,(H,59,60)(H,62,68)/t38?,41-,44?,52+/m1/s1. The first-order valence-electron chi connectivity index (χ1n) is 26.9. The number of piperidine rings is 1. The summed E-state index contributed by atoms with van der Waals surface area (Å²) in [6, 6.07) is 28.9. The molecule has 5 heterocycles. The second-order valence-electron chi connectivity index (χ2n) is 22.1. The Labute approximate surface area is 444 Å². The Balaban J connectivity index is 0.787. The number of hydrogen-bond acceptors (Lipinski definition) is 14. The third kappa shape index (κ3) is 10.8. The Morgan fingerprint density at radius 1 is 0.961 bits per heavy atom. The number of anilines is 2. The van der Waals surface area contributed by atoms with Crippen LogP contribution in [0, 0.1) is 21.4 Å². The Hall–Kier alpha value is -6.73. The lowest BCUT2D eigenvalue weighted by atomic mass is 9.59. The van der Waals surface area contributed by atoms with Crippen molar-refractivity contribution in [1.29, 1.82) is 0 Å². The van der Waals surface area contributed by atoms with Crippen LogP contribution in [0.1, 0.15) is 111 Å². The minimum absolute atomic E-state index is 0.00947. The number of benzene rings is 4. The number of aromatic nitrogens is 2. The number of piperazine rings is 1. The zero-order chi connectivity index (χ0) is 52.7. The Bertz CT molecular complexity index is 3200. The molecule has 76 heavy (non-hydrogen) atoms. The lowest BCUT2D eigenvalue weighted by Gasteiger charge is -2.58. The Morgan fingerprint density at radius 2 is 1.74 bits per heavy atom. The molecule has 400 valence electrons. The van der Waals surface area contributed by atoms with Crippen LogP contribution in [-0.4, -0.2) is 109 Å². The number of fused-ring (bicyclic) bond motifs is 2. The van der Waals surface area contributed by atoms with Crippen molar-refractivity contribution in [2.75, 3.05) is 56.7 Å². The van der Waals surface area contributed by atoms with E-state index >= 15 is 0 Å². The van der Waals surface area contributed by atoms with Crippen molar-refractivity contribution in [2.24, 2.45) is 11.3 Å². The van der Waals surface area contributed by atoms with Crippen LogP contribution in [0.15, 0.2) is 108 Å². The minimum Gasteiger partial charge on any atom is -0.497 e. The molecule has 5 aliphatic rings. The number of ether oxygens (including phenoxy) is 3. The average Bonchev–Trinajstić information content (AvgIpc) is 3.90. The number of aliphatic hydroxyl groups excluding tert-OH is 1. The van der Waals surface area contributed by atoms with Gasteiger partial charge >= 0.3 is 0 Å². The van der Waals surface area contributed by atoms with Gasteiger partial charge in [0, 0.05) is 86.8 Å². The molecule has 0 bridgehead atoms. The Kier molecular flexibility index (Phi) is 14.4. The van der Waals surface area contributed by atoms with Gasteiger partial charge in [-0.05, 0) is 128 Å². The highest BCUT2D eigenvalue weighted by atomic mass is 32.2. The molecule has 0 unspecified atom stereocenters. The number of sulfonamides is 1. The molecule has 4 fully saturated rings. The SMILES string of the molecule is COc1ccc(CN2CCN(C3CC4(CCN(c5ccc(C(=O)NS(=O)(=O)c6cc7c(c([N+](=O)[O-])c6)N[C@H](CC6CCC(O)CC6)CO7)c(Oc6cnc7[nH]ccc7c6)c5)CC4)C3)[C@H](c3ccccc3C(C)C)C2)cc1. The number of nitrogens with zero attached hydrogens (tertiary/aromatic N) is 5. The third-order valence-electron chi connectivity index (χ3n) is 16.9. The number of pyridine rings is 1. The van der Waals surface area contributed by atoms with Crippen LogP contribution in [0.3, 0.4) is 0 Å². The van der Waals surface area contributed by atoms with Gasteiger partial charge in [0.2, 0.25) is 0 Å². The van der Waals surface area contributed by atoms with Crippen molar-refractivity contribution in [3.8, 4) is 23.0 Å². The molecule has 2 saturated carbocycles. The van der Waals surface area contributed by atoms with Crippen LogP contribution in [0.25, 0.3) is 11.0 Å². The maximum Gasteiger partial charge on any atom is 0.297 e. The minimum atomic E-state index is -4.67. The van der Waals surface area contributed by atoms with Crippen LogP contribution in [-0.2, 0) is 16.6 Å². The highest BCUT2D eigenvalue weighted by Gasteiger charge is 2.50. The van der Waals surface area contributed by atoms with Crippen molar-refractivity contribution in [3.63, 3.8) is 0 Å². The summed E-state index contributed by atoms with van der Waals surface area (Å²) in [5.41, 5.74) is 5.42. The predicted octanol–water partition coefficient (Wildman–Crippen LogP) is 9.94. The van der Waals surface area contributed by atoms with Crippen molar-refractivity contribution in [2.45, 2.75) is 113 Å². The summed E-state index contributed by atoms with van der Waals surface area (Å²) in [6.45, 7) is 10.2. The topological polar surface area (TPSA) is 205 Å². The fraction of sp³-hybridized carbons (Fsp3) is 0.448. The van der Waals surface area contributed by atoms with Gasteiger partial charge in [-0.3, -0.25) is 24.7 Å². The van der Waals surface area contributed by atoms with E-state index in [2.05, 4.69) is 85.0 Å². The van der Waals surface area contributed by atoms with E-state index in [-0.39, 0.29) is 53.0 Å². The van der Waals surface area contributed by atoms with E-state index in [1.54, 1.807) is 37.7 Å². The number of H-pyrrole nitrogens is 1. The molecular weight excluding hydrogens is 985 g/mol. The molecule has 4 N–H and O–H groups in total. The number of amides is 1. The van der Waals surface area contributed by atoms with Gasteiger partial charge in [-0.1, -0.05) is 50.2 Å². The number of aromatic amines is 1. The zero-order valence-corrected chi connectivity index (χ0v) is 44.3. The van der Waals surface area contributed by atoms with E-state index in [9.17, 15) is 28.4 Å². The Morgan fingerprint density at radius 3 is 2.49 bits per heavy atom. The zero-order valence-electron chi connectivity index (χ0n) is 43.5. The first-order valence-corrected chi connectivity index (χ1v) is 28.3. The van der Waals surface area contributed by atoms with Crippen molar-refractivity contribution in [3.05, 3.63) is 136 Å². The van der Waals surface area contributed by atoms with E-state index in [4.69, 9.17) is 14.2 Å². The number of nitrogens with one attached hydrogen (secondary N) is 3. The highest BCUT2D eigenvalue weighted by Crippen LogP contribution is 2.54. The van der Waals surface area contributed by atoms with Crippen LogP contribution >= 0.6 is 0 Å². The molecule has 2 aromatic heterocycles. The lowest BCUT2D eigenvalue weighted by Crippen LogP contribution is -2.60. The maximum absolute atomic E-state index is 14.2. The molecule has 2 aliphatic carbocycles. The van der Waals surface area contributed by atoms with Gasteiger partial charge in [-0.2, -0.15) is 0 Å². The smallest absolute Gasteiger partial charge is 0.297 e. The van der Waals surface area contributed by atoms with E-state index in [0.29, 0.717) is 48.5 Å². The largest absolute Gasteiger partial charge is 0.497 e. The summed E-state index contributed by atoms with van der Waals surface area (Å²) in [6.07, 6.45) is 11.1. The second-order valence-corrected chi connectivity index (χ2v) is 23.8. The molecule has 4 aromatic carbocycles. The van der Waals surface area contributed by atoms with Gasteiger partial charge in [0.15, 0.2) is 11.4 Å². The van der Waals surface area contributed by atoms with Crippen molar-refractivity contribution < 1.29 is 37.5 Å². The number of nitro groups is 1. The predicted molar refractivity (Wildman–Crippen MR) is 291 cm³/mol. The van der Waals surface area contributed by atoms with E-state index in [0.717, 1.165) is 101 Å². The summed E-state index contributed by atoms with van der Waals surface area (Å²) in [5, 5.41) is 26.4. The summed E-state index contributed by atoms with van der Waals surface area (Å²) in [5.74, 6) is 1.13. The quantitative estimate of drug-likeness (QED) is 0.0558. The molecule has 1 spiro atoms. The molecule has 3 aliphatic heterocycles. The number of hydrogen-bond donors (Lipinski definition) is 4. The molecule has 17 nitrogen and oxygen atoms in total. The van der Waals surface area contributed by atoms with E-state index < -0.39 is 31.4 Å². The molecule has 6 aromatic rings. The molecular formula is C58H68N8O9S. The monoisotopic (exact) mass is 1050 g/mol. The van der Waals surface area contributed by atoms with Crippen LogP contribution in [0.4, 0.5) is 17.1 Å². The van der Waals surface area contributed by atoms with Crippen molar-refractivity contribution in [1.82, 2.24) is 24.5 Å². The number of methoxy groups -OCH3 is 1. The van der Waals surface area contributed by atoms with Gasteiger partial charge in [0.05, 0.1) is 40.8 Å². The van der Waals surface area contributed by atoms with Gasteiger partial charge < -0.3 is 34.5 Å². The number of carbonyl (C=O) groups excluding carboxylic acids is 1. The van der Waals surface area contributed by atoms with Gasteiger partial charge in [-0.15, -0.1) is 0 Å². The maximum atomic E-state index is 14.2. The number of aliphatic hydroxyl groups is 1. The van der Waals surface area contributed by atoms with Gasteiger partial charge in [-0.25, -0.2) is 18.1 Å². The lowest BCUT2D eigenvalue weighted by molar-refractivity contribution is -0.384. The summed E-state index contributed by atoms with van der Waals surface area (Å²) < 4.78 is 48.1. The van der Waals surface area contributed by atoms with E-state index in [1.165, 1.54) is 22.8 Å². The van der Waals surface area contributed by atoms with Crippen LogP contribution in [0.2, 0.25) is 0 Å². The van der Waals surface area contributed by atoms with Gasteiger partial charge in [0.1, 0.15) is 29.5 Å². The highest BCUT2D eigenvalue weighted by molar-refractivity contribution is 7.90. The first-order chi connectivity index (χ1) is 36.7. The molecule has 18 heteroatoms. The molecule has 11 rings (SSSR count). The summed E-state index contributed by atoms with van der Waals surface area (Å²) in [7, 11) is -2.97. The normalized spacial score (nSPS) is 22.1. The molecule has 2 atom stereocenters. The number of rotatable bonds is 15. The van der Waals surface area contributed by atoms with Gasteiger partial charge in [0.25, 0.3) is 21.6 Å². The fourth-order valence-electron chi connectivity index (χ4n) is 12.7. The van der Waals surface area contributed by atoms with E-state index in [1.807, 2.05) is 24.3 Å². The first kappa shape index (κ1) is 51.4. The second kappa shape index (κ2) is 21.4. The summed E-state index contributed by atoms with van der Waals surface area (Å²) >= 11 is 0. The van der Waals surface area contributed by atoms with Crippen LogP contribution in [0.5, 0.6) is 23.0 Å².